The van der Waals surface area contributed by atoms with Gasteiger partial charge in [0.15, 0.2) is 0 Å². The van der Waals surface area contributed by atoms with Crippen molar-refractivity contribution in [3.63, 3.8) is 0 Å². The minimum Gasteiger partial charge on any atom is -0.371 e. The van der Waals surface area contributed by atoms with E-state index in [1.807, 2.05) is 18.2 Å². The van der Waals surface area contributed by atoms with Crippen molar-refractivity contribution in [2.75, 3.05) is 6.54 Å². The van der Waals surface area contributed by atoms with Crippen molar-refractivity contribution in [1.29, 1.82) is 0 Å². The Bertz CT molecular complexity index is 298. The van der Waals surface area contributed by atoms with Crippen LogP contribution in [0.4, 0.5) is 0 Å². The molecule has 0 aliphatic carbocycles. The zero-order valence-corrected chi connectivity index (χ0v) is 9.74. The lowest BCUT2D eigenvalue weighted by molar-refractivity contribution is -0.151. The lowest BCUT2D eigenvalue weighted by Gasteiger charge is -2.05. The van der Waals surface area contributed by atoms with E-state index in [0.717, 1.165) is 19.3 Å². The molecule has 0 heterocycles. The van der Waals surface area contributed by atoms with Crippen molar-refractivity contribution in [1.82, 2.24) is 5.48 Å². The molecule has 0 aliphatic heterocycles. The predicted octanol–water partition coefficient (Wildman–Crippen LogP) is 2.47. The maximum atomic E-state index is 11.1. The average molecular weight is 221 g/mol. The smallest absolute Gasteiger partial charge is 0.324 e. The second-order valence-electron chi connectivity index (χ2n) is 3.71. The Balaban J connectivity index is 2.06. The number of unbranched alkanes of at least 4 members (excludes halogenated alkanes) is 1. The zero-order valence-electron chi connectivity index (χ0n) is 9.74. The third-order valence-corrected chi connectivity index (χ3v) is 2.28. The number of carbonyl (C=O) groups is 1. The molecule has 0 radical (unpaired) electrons. The number of nitrogens with one attached hydrogen (secondary N) is 1. The van der Waals surface area contributed by atoms with Crippen molar-refractivity contribution in [2.24, 2.45) is 0 Å². The van der Waals surface area contributed by atoms with Gasteiger partial charge >= 0.3 is 5.97 Å². The summed E-state index contributed by atoms with van der Waals surface area (Å²) in [6.07, 6.45) is 3.26. The molecular formula is C13H19NO2. The fourth-order valence-corrected chi connectivity index (χ4v) is 1.34. The highest BCUT2D eigenvalue weighted by molar-refractivity contribution is 5.68. The van der Waals surface area contributed by atoms with Crippen LogP contribution in [0.15, 0.2) is 30.3 Å². The first kappa shape index (κ1) is 12.7. The van der Waals surface area contributed by atoms with E-state index in [2.05, 4.69) is 24.5 Å². The molecule has 0 atom stereocenters. The highest BCUT2D eigenvalue weighted by Gasteiger charge is 2.00. The van der Waals surface area contributed by atoms with Gasteiger partial charge in [0.1, 0.15) is 0 Å². The SMILES string of the molecule is CCCCC(=O)ONCCc1ccccc1. The molecule has 16 heavy (non-hydrogen) atoms. The number of carbonyl (C=O) groups excluding carboxylic acids is 1. The van der Waals surface area contributed by atoms with Crippen LogP contribution in [0.25, 0.3) is 0 Å². The Kier molecular flexibility index (Phi) is 6.26. The van der Waals surface area contributed by atoms with Gasteiger partial charge in [-0.05, 0) is 18.4 Å². The predicted molar refractivity (Wildman–Crippen MR) is 63.8 cm³/mol. The fraction of sp³-hybridized carbons (Fsp3) is 0.462. The van der Waals surface area contributed by atoms with Crippen LogP contribution in [0.2, 0.25) is 0 Å². The van der Waals surface area contributed by atoms with Gasteiger partial charge in [0.25, 0.3) is 0 Å². The van der Waals surface area contributed by atoms with E-state index >= 15 is 0 Å². The first-order valence-corrected chi connectivity index (χ1v) is 5.79. The molecule has 0 fully saturated rings. The Morgan fingerprint density at radius 3 is 2.75 bits per heavy atom. The summed E-state index contributed by atoms with van der Waals surface area (Å²) in [7, 11) is 0. The highest BCUT2D eigenvalue weighted by atomic mass is 16.7. The summed E-state index contributed by atoms with van der Waals surface area (Å²) in [5, 5.41) is 0. The zero-order chi connectivity index (χ0) is 11.6. The van der Waals surface area contributed by atoms with Crippen LogP contribution in [0, 0.1) is 0 Å². The molecule has 0 unspecified atom stereocenters. The molecule has 1 aromatic rings. The molecule has 88 valence electrons. The first-order valence-electron chi connectivity index (χ1n) is 5.79. The molecule has 1 aromatic carbocycles. The Morgan fingerprint density at radius 2 is 2.06 bits per heavy atom. The van der Waals surface area contributed by atoms with Crippen LogP contribution in [-0.2, 0) is 16.1 Å². The number of hydrogen-bond acceptors (Lipinski definition) is 3. The van der Waals surface area contributed by atoms with Gasteiger partial charge in [0, 0.05) is 13.0 Å². The summed E-state index contributed by atoms with van der Waals surface area (Å²) in [4.78, 5) is 16.0. The number of rotatable bonds is 7. The van der Waals surface area contributed by atoms with Crippen LogP contribution in [0.5, 0.6) is 0 Å². The van der Waals surface area contributed by atoms with Crippen LogP contribution in [-0.4, -0.2) is 12.5 Å². The molecule has 0 aliphatic rings. The van der Waals surface area contributed by atoms with Crippen molar-refractivity contribution in [3.8, 4) is 0 Å². The largest absolute Gasteiger partial charge is 0.371 e. The quantitative estimate of drug-likeness (QED) is 0.568. The summed E-state index contributed by atoms with van der Waals surface area (Å²) in [6.45, 7) is 2.71. The second-order valence-corrected chi connectivity index (χ2v) is 3.71. The average Bonchev–Trinajstić information content (AvgIpc) is 2.33. The maximum absolute atomic E-state index is 11.1. The van der Waals surface area contributed by atoms with Gasteiger partial charge in [0.2, 0.25) is 0 Å². The number of benzene rings is 1. The van der Waals surface area contributed by atoms with Gasteiger partial charge in [-0.2, -0.15) is 5.48 Å². The molecule has 3 heteroatoms. The van der Waals surface area contributed by atoms with Gasteiger partial charge in [-0.25, -0.2) is 0 Å². The van der Waals surface area contributed by atoms with Gasteiger partial charge in [-0.15, -0.1) is 0 Å². The molecule has 0 spiro atoms. The minimum absolute atomic E-state index is 0.171. The van der Waals surface area contributed by atoms with Crippen molar-refractivity contribution in [3.05, 3.63) is 35.9 Å². The molecule has 0 aromatic heterocycles. The second kappa shape index (κ2) is 7.88. The van der Waals surface area contributed by atoms with Crippen molar-refractivity contribution < 1.29 is 9.63 Å². The molecule has 3 nitrogen and oxygen atoms in total. The van der Waals surface area contributed by atoms with E-state index < -0.39 is 0 Å². The third kappa shape index (κ3) is 5.51. The van der Waals surface area contributed by atoms with E-state index in [-0.39, 0.29) is 5.97 Å². The Hall–Kier alpha value is -1.35. The van der Waals surface area contributed by atoms with Gasteiger partial charge in [-0.3, -0.25) is 4.79 Å². The number of hydroxylamine groups is 1. The van der Waals surface area contributed by atoms with E-state index in [1.165, 1.54) is 5.56 Å². The van der Waals surface area contributed by atoms with E-state index in [1.54, 1.807) is 0 Å². The first-order chi connectivity index (χ1) is 7.83. The highest BCUT2D eigenvalue weighted by Crippen LogP contribution is 1.98. The van der Waals surface area contributed by atoms with Gasteiger partial charge in [0.05, 0.1) is 0 Å². The lowest BCUT2D eigenvalue weighted by atomic mass is 10.2. The molecule has 1 rings (SSSR count). The monoisotopic (exact) mass is 221 g/mol. The van der Waals surface area contributed by atoms with E-state index in [0.29, 0.717) is 13.0 Å². The van der Waals surface area contributed by atoms with Gasteiger partial charge in [-0.1, -0.05) is 43.7 Å². The lowest BCUT2D eigenvalue weighted by Crippen LogP contribution is -2.22. The Labute approximate surface area is 96.8 Å². The minimum atomic E-state index is -0.171. The van der Waals surface area contributed by atoms with Crippen molar-refractivity contribution >= 4 is 5.97 Å². The normalized spacial score (nSPS) is 10.1. The van der Waals surface area contributed by atoms with E-state index in [9.17, 15) is 4.79 Å². The van der Waals surface area contributed by atoms with Crippen LogP contribution >= 0.6 is 0 Å². The summed E-state index contributed by atoms with van der Waals surface area (Å²) < 4.78 is 0. The standard InChI is InChI=1S/C13H19NO2/c1-2-3-9-13(15)16-14-11-10-12-7-5-4-6-8-12/h4-8,14H,2-3,9-11H2,1H3. The molecular weight excluding hydrogens is 202 g/mol. The van der Waals surface area contributed by atoms with Crippen molar-refractivity contribution in [2.45, 2.75) is 32.6 Å². The third-order valence-electron chi connectivity index (χ3n) is 2.28. The topological polar surface area (TPSA) is 38.3 Å². The van der Waals surface area contributed by atoms with Gasteiger partial charge < -0.3 is 4.84 Å². The van der Waals surface area contributed by atoms with E-state index in [4.69, 9.17) is 4.84 Å². The molecule has 1 N–H and O–H groups in total. The fourth-order valence-electron chi connectivity index (χ4n) is 1.34. The summed E-state index contributed by atoms with van der Waals surface area (Å²) in [5.41, 5.74) is 3.93. The molecule has 0 amide bonds. The maximum Gasteiger partial charge on any atom is 0.324 e. The Morgan fingerprint density at radius 1 is 1.31 bits per heavy atom. The van der Waals surface area contributed by atoms with Crippen LogP contribution < -0.4 is 5.48 Å². The number of hydrogen-bond donors (Lipinski definition) is 1. The molecule has 0 bridgehead atoms. The summed E-state index contributed by atoms with van der Waals surface area (Å²) in [6, 6.07) is 10.1. The van der Waals surface area contributed by atoms with Crippen LogP contribution in [0.3, 0.4) is 0 Å². The summed E-state index contributed by atoms with van der Waals surface area (Å²) in [5.74, 6) is -0.171. The van der Waals surface area contributed by atoms with Crippen LogP contribution in [0.1, 0.15) is 31.7 Å². The molecule has 0 saturated heterocycles. The summed E-state index contributed by atoms with van der Waals surface area (Å²) >= 11 is 0. The molecule has 0 saturated carbocycles.